The van der Waals surface area contributed by atoms with Gasteiger partial charge in [-0.2, -0.15) is 13.2 Å². The number of ether oxygens (including phenoxy) is 1. The number of hydrogen-bond acceptors (Lipinski definition) is 3. The van der Waals surface area contributed by atoms with Gasteiger partial charge in [-0.05, 0) is 29.8 Å². The van der Waals surface area contributed by atoms with Crippen LogP contribution in [0.1, 0.15) is 24.0 Å². The maximum absolute atomic E-state index is 13.2. The number of alkyl halides is 3. The number of likely N-dealkylation sites (tertiary alicyclic amines) is 1. The van der Waals surface area contributed by atoms with Gasteiger partial charge in [0.05, 0.1) is 17.1 Å². The lowest BCUT2D eigenvalue weighted by Gasteiger charge is -2.37. The molecule has 30 heavy (non-hydrogen) atoms. The highest BCUT2D eigenvalue weighted by atomic mass is 79.9. The molecule has 0 bridgehead atoms. The van der Waals surface area contributed by atoms with Crippen molar-refractivity contribution in [3.8, 4) is 0 Å². The van der Waals surface area contributed by atoms with Crippen molar-refractivity contribution < 1.29 is 22.7 Å². The van der Waals surface area contributed by atoms with Gasteiger partial charge in [0, 0.05) is 42.6 Å². The number of anilines is 1. The average molecular weight is 504 g/mol. The average Bonchev–Trinajstić information content (AvgIpc) is 3.02. The lowest BCUT2D eigenvalue weighted by Crippen LogP contribution is -2.46. The Labute approximate surface area is 185 Å². The van der Waals surface area contributed by atoms with Crippen LogP contribution in [0.15, 0.2) is 46.9 Å². The molecular weight excluding hydrogens is 485 g/mol. The molecule has 0 N–H and O–H groups in total. The van der Waals surface area contributed by atoms with E-state index in [2.05, 4.69) is 15.9 Å². The van der Waals surface area contributed by atoms with Gasteiger partial charge in [-0.3, -0.25) is 9.80 Å². The van der Waals surface area contributed by atoms with E-state index in [4.69, 9.17) is 16.3 Å². The molecule has 0 aliphatic carbocycles. The number of rotatable bonds is 3. The number of benzene rings is 2. The summed E-state index contributed by atoms with van der Waals surface area (Å²) in [7, 11) is 0. The second-order valence-electron chi connectivity index (χ2n) is 7.63. The Bertz CT molecular complexity index is 947. The van der Waals surface area contributed by atoms with Crippen LogP contribution in [0, 0.1) is 0 Å². The minimum atomic E-state index is -4.50. The minimum Gasteiger partial charge on any atom is -0.441 e. The number of piperidine rings is 1. The standard InChI is InChI=1S/C21H19BrClF3N2O2/c22-17-7-6-16(21(24,25)26)18(23)15(17)12-27-10-8-20(9-11-27)13-28(19(29)30-20)14-4-2-1-3-5-14/h1-7H,8-13H2. The van der Waals surface area contributed by atoms with Gasteiger partial charge in [-0.25, -0.2) is 4.79 Å². The maximum atomic E-state index is 13.2. The highest BCUT2D eigenvalue weighted by Crippen LogP contribution is 2.40. The van der Waals surface area contributed by atoms with E-state index in [0.717, 1.165) is 11.8 Å². The van der Waals surface area contributed by atoms with Crippen molar-refractivity contribution in [3.05, 3.63) is 63.1 Å². The fourth-order valence-electron chi connectivity index (χ4n) is 3.99. The Hall–Kier alpha value is -1.77. The van der Waals surface area contributed by atoms with Crippen molar-refractivity contribution in [2.45, 2.75) is 31.2 Å². The molecule has 2 aliphatic heterocycles. The van der Waals surface area contributed by atoms with Crippen LogP contribution in [-0.2, 0) is 17.5 Å². The third-order valence-corrected chi connectivity index (χ3v) is 6.85. The molecule has 0 radical (unpaired) electrons. The highest BCUT2D eigenvalue weighted by molar-refractivity contribution is 9.10. The Morgan fingerprint density at radius 2 is 1.77 bits per heavy atom. The number of carbonyl (C=O) groups excluding carboxylic acids is 1. The van der Waals surface area contributed by atoms with E-state index in [9.17, 15) is 18.0 Å². The van der Waals surface area contributed by atoms with E-state index in [1.54, 1.807) is 4.90 Å². The molecule has 4 nitrogen and oxygen atoms in total. The maximum Gasteiger partial charge on any atom is 0.417 e. The molecule has 1 amide bonds. The van der Waals surface area contributed by atoms with E-state index in [1.807, 2.05) is 35.2 Å². The van der Waals surface area contributed by atoms with E-state index in [1.165, 1.54) is 6.07 Å². The summed E-state index contributed by atoms with van der Waals surface area (Å²) in [4.78, 5) is 16.1. The van der Waals surface area contributed by atoms with Gasteiger partial charge in [0.25, 0.3) is 0 Å². The molecule has 2 fully saturated rings. The molecule has 4 rings (SSSR count). The van der Waals surface area contributed by atoms with Crippen LogP contribution in [0.25, 0.3) is 0 Å². The molecule has 0 unspecified atom stereocenters. The molecule has 2 heterocycles. The van der Waals surface area contributed by atoms with Crippen molar-refractivity contribution in [1.82, 2.24) is 4.90 Å². The SMILES string of the molecule is O=C1OC2(CCN(Cc3c(Br)ccc(C(F)(F)F)c3Cl)CC2)CN1c1ccccc1. The fourth-order valence-corrected chi connectivity index (χ4v) is 4.90. The largest absolute Gasteiger partial charge is 0.441 e. The summed E-state index contributed by atoms with van der Waals surface area (Å²) < 4.78 is 45.8. The first-order valence-corrected chi connectivity index (χ1v) is 10.7. The summed E-state index contributed by atoms with van der Waals surface area (Å²) in [5.41, 5.74) is -0.199. The number of carbonyl (C=O) groups is 1. The summed E-state index contributed by atoms with van der Waals surface area (Å²) in [5, 5.41) is -0.278. The Morgan fingerprint density at radius 3 is 2.40 bits per heavy atom. The molecule has 2 aromatic rings. The van der Waals surface area contributed by atoms with Crippen molar-refractivity contribution in [1.29, 1.82) is 0 Å². The van der Waals surface area contributed by atoms with Crippen LogP contribution >= 0.6 is 27.5 Å². The van der Waals surface area contributed by atoms with Gasteiger partial charge in [-0.15, -0.1) is 0 Å². The van der Waals surface area contributed by atoms with Gasteiger partial charge in [0.15, 0.2) is 0 Å². The van der Waals surface area contributed by atoms with Crippen molar-refractivity contribution in [2.75, 3.05) is 24.5 Å². The highest BCUT2D eigenvalue weighted by Gasteiger charge is 2.47. The zero-order chi connectivity index (χ0) is 21.5. The van der Waals surface area contributed by atoms with Gasteiger partial charge in [0.2, 0.25) is 0 Å². The third kappa shape index (κ3) is 4.18. The van der Waals surface area contributed by atoms with Crippen LogP contribution in [-0.4, -0.2) is 36.2 Å². The van der Waals surface area contributed by atoms with Crippen LogP contribution in [0.5, 0.6) is 0 Å². The molecule has 2 saturated heterocycles. The Morgan fingerprint density at radius 1 is 1.10 bits per heavy atom. The van der Waals surface area contributed by atoms with Crippen molar-refractivity contribution in [3.63, 3.8) is 0 Å². The number of halogens is 5. The Balaban J connectivity index is 1.44. The van der Waals surface area contributed by atoms with Crippen LogP contribution in [0.4, 0.5) is 23.7 Å². The lowest BCUT2D eigenvalue weighted by molar-refractivity contribution is -0.137. The number of para-hydroxylation sites is 1. The molecule has 2 aromatic carbocycles. The normalized spacial score (nSPS) is 19.4. The summed E-state index contributed by atoms with van der Waals surface area (Å²) >= 11 is 9.41. The van der Waals surface area contributed by atoms with Crippen LogP contribution in [0.2, 0.25) is 5.02 Å². The van der Waals surface area contributed by atoms with E-state index < -0.39 is 17.3 Å². The van der Waals surface area contributed by atoms with Gasteiger partial charge < -0.3 is 4.74 Å². The zero-order valence-electron chi connectivity index (χ0n) is 15.9. The molecular formula is C21H19BrClF3N2O2. The van der Waals surface area contributed by atoms with Crippen molar-refractivity contribution >= 4 is 39.3 Å². The number of nitrogens with zero attached hydrogens (tertiary/aromatic N) is 2. The topological polar surface area (TPSA) is 32.8 Å². The zero-order valence-corrected chi connectivity index (χ0v) is 18.2. The van der Waals surface area contributed by atoms with Crippen LogP contribution in [0.3, 0.4) is 0 Å². The predicted molar refractivity (Wildman–Crippen MR) is 112 cm³/mol. The fraction of sp³-hybridized carbons (Fsp3) is 0.381. The second-order valence-corrected chi connectivity index (χ2v) is 8.87. The van der Waals surface area contributed by atoms with Gasteiger partial charge >= 0.3 is 12.3 Å². The first-order valence-electron chi connectivity index (χ1n) is 9.50. The number of hydrogen-bond donors (Lipinski definition) is 0. The lowest BCUT2D eigenvalue weighted by atomic mass is 9.91. The minimum absolute atomic E-state index is 0.278. The molecule has 1 spiro atoms. The van der Waals surface area contributed by atoms with Crippen molar-refractivity contribution in [2.24, 2.45) is 0 Å². The summed E-state index contributed by atoms with van der Waals surface area (Å²) in [6.45, 7) is 1.94. The molecule has 0 saturated carbocycles. The van der Waals surface area contributed by atoms with E-state index >= 15 is 0 Å². The molecule has 0 atom stereocenters. The summed E-state index contributed by atoms with van der Waals surface area (Å²) in [6, 6.07) is 11.7. The third-order valence-electron chi connectivity index (χ3n) is 5.68. The van der Waals surface area contributed by atoms with Gasteiger partial charge in [-0.1, -0.05) is 45.7 Å². The molecule has 2 aliphatic rings. The van der Waals surface area contributed by atoms with E-state index in [0.29, 0.717) is 42.5 Å². The molecule has 0 aromatic heterocycles. The quantitative estimate of drug-likeness (QED) is 0.506. The smallest absolute Gasteiger partial charge is 0.417 e. The molecule has 9 heteroatoms. The molecule has 160 valence electrons. The first-order chi connectivity index (χ1) is 14.2. The predicted octanol–water partition coefficient (Wildman–Crippen LogP) is 6.11. The monoisotopic (exact) mass is 502 g/mol. The summed E-state index contributed by atoms with van der Waals surface area (Å²) in [6.07, 6.45) is -3.65. The second kappa shape index (κ2) is 8.05. The first kappa shape index (κ1) is 21.5. The Kier molecular flexibility index (Phi) is 5.76. The van der Waals surface area contributed by atoms with E-state index in [-0.39, 0.29) is 17.7 Å². The number of amides is 1. The van der Waals surface area contributed by atoms with Gasteiger partial charge in [0.1, 0.15) is 5.60 Å². The summed E-state index contributed by atoms with van der Waals surface area (Å²) in [5.74, 6) is 0. The van der Waals surface area contributed by atoms with Crippen LogP contribution < -0.4 is 4.90 Å².